The zero-order chi connectivity index (χ0) is 22.1. The Labute approximate surface area is 184 Å². The molecule has 0 saturated heterocycles. The molecule has 158 valence electrons. The van der Waals surface area contributed by atoms with Crippen LogP contribution >= 0.6 is 11.3 Å². The molecule has 0 radical (unpaired) electrons. The topological polar surface area (TPSA) is 67.9 Å². The summed E-state index contributed by atoms with van der Waals surface area (Å²) in [5.41, 5.74) is 3.92. The minimum atomic E-state index is -0.417. The van der Waals surface area contributed by atoms with Crippen molar-refractivity contribution in [3.8, 4) is 11.5 Å². The average Bonchev–Trinajstić information content (AvgIpc) is 3.34. The van der Waals surface area contributed by atoms with Gasteiger partial charge in [0.1, 0.15) is 5.70 Å². The Morgan fingerprint density at radius 3 is 2.19 bits per heavy atom. The highest BCUT2D eigenvalue weighted by Crippen LogP contribution is 2.38. The summed E-state index contributed by atoms with van der Waals surface area (Å²) in [4.78, 5) is 28.8. The quantitative estimate of drug-likeness (QED) is 0.566. The van der Waals surface area contributed by atoms with Crippen molar-refractivity contribution in [2.75, 3.05) is 24.4 Å². The maximum absolute atomic E-state index is 13.5. The zero-order valence-corrected chi connectivity index (χ0v) is 18.5. The Hall–Kier alpha value is -3.58. The lowest BCUT2D eigenvalue weighted by atomic mass is 10.1. The molecule has 7 heteroatoms. The van der Waals surface area contributed by atoms with Crippen LogP contribution in [0.3, 0.4) is 0 Å². The van der Waals surface area contributed by atoms with Crippen molar-refractivity contribution in [2.24, 2.45) is 0 Å². The van der Waals surface area contributed by atoms with Gasteiger partial charge in [-0.25, -0.2) is 4.90 Å². The molecule has 0 atom stereocenters. The number of hydrogen-bond acceptors (Lipinski definition) is 6. The minimum Gasteiger partial charge on any atom is -0.493 e. The summed E-state index contributed by atoms with van der Waals surface area (Å²) in [7, 11) is 3.05. The van der Waals surface area contributed by atoms with Crippen molar-refractivity contribution in [3.05, 3.63) is 75.6 Å². The van der Waals surface area contributed by atoms with Crippen molar-refractivity contribution in [1.82, 2.24) is 0 Å². The lowest BCUT2D eigenvalue weighted by Crippen LogP contribution is -2.32. The van der Waals surface area contributed by atoms with Crippen LogP contribution in [0.1, 0.15) is 16.0 Å². The minimum absolute atomic E-state index is 0.257. The smallest absolute Gasteiger partial charge is 0.282 e. The average molecular weight is 435 g/mol. The van der Waals surface area contributed by atoms with Crippen molar-refractivity contribution in [1.29, 1.82) is 0 Å². The van der Waals surface area contributed by atoms with Gasteiger partial charge in [-0.15, -0.1) is 11.3 Å². The molecule has 0 unspecified atom stereocenters. The fourth-order valence-electron chi connectivity index (χ4n) is 3.68. The number of amides is 2. The Bertz CT molecular complexity index is 1180. The second kappa shape index (κ2) is 8.28. The molecule has 0 saturated carbocycles. The van der Waals surface area contributed by atoms with Crippen LogP contribution in [0.15, 0.2) is 59.6 Å². The Morgan fingerprint density at radius 2 is 1.58 bits per heavy atom. The second-order valence-electron chi connectivity index (χ2n) is 7.21. The summed E-state index contributed by atoms with van der Waals surface area (Å²) in [6.45, 7) is 3.98. The molecule has 31 heavy (non-hydrogen) atoms. The van der Waals surface area contributed by atoms with Crippen molar-refractivity contribution in [2.45, 2.75) is 13.8 Å². The van der Waals surface area contributed by atoms with Crippen LogP contribution in [0, 0.1) is 13.8 Å². The van der Waals surface area contributed by atoms with Gasteiger partial charge in [0.15, 0.2) is 11.5 Å². The predicted molar refractivity (Wildman–Crippen MR) is 123 cm³/mol. The SMILES string of the molecule is COc1ccc(N2C(=O)C(Nc3cc(C)cc(C)c3)=C(c3cccs3)C2=O)cc1OC. The highest BCUT2D eigenvalue weighted by atomic mass is 32.1. The number of nitrogens with zero attached hydrogens (tertiary/aromatic N) is 1. The molecule has 2 aromatic carbocycles. The third-order valence-corrected chi connectivity index (χ3v) is 5.86. The molecule has 0 aliphatic carbocycles. The number of thiophene rings is 1. The third kappa shape index (κ3) is 3.80. The molecule has 0 fully saturated rings. The summed E-state index contributed by atoms with van der Waals surface area (Å²) in [5, 5.41) is 5.09. The van der Waals surface area contributed by atoms with E-state index in [0.717, 1.165) is 21.7 Å². The van der Waals surface area contributed by atoms with Crippen molar-refractivity contribution >= 4 is 40.1 Å². The molecule has 0 spiro atoms. The van der Waals surface area contributed by atoms with Gasteiger partial charge in [-0.05, 0) is 60.7 Å². The van der Waals surface area contributed by atoms with E-state index in [-0.39, 0.29) is 11.6 Å². The van der Waals surface area contributed by atoms with Gasteiger partial charge in [0.25, 0.3) is 11.8 Å². The lowest BCUT2D eigenvalue weighted by Gasteiger charge is -2.17. The molecule has 1 aliphatic heterocycles. The largest absolute Gasteiger partial charge is 0.493 e. The van der Waals surface area contributed by atoms with Gasteiger partial charge in [0.2, 0.25) is 0 Å². The summed E-state index contributed by atoms with van der Waals surface area (Å²) >= 11 is 1.42. The monoisotopic (exact) mass is 434 g/mol. The molecule has 3 aromatic rings. The maximum atomic E-state index is 13.5. The molecule has 2 amide bonds. The van der Waals surface area contributed by atoms with Crippen LogP contribution in [0.4, 0.5) is 11.4 Å². The van der Waals surface area contributed by atoms with E-state index in [1.807, 2.05) is 43.5 Å². The van der Waals surface area contributed by atoms with Gasteiger partial charge in [-0.2, -0.15) is 0 Å². The van der Waals surface area contributed by atoms with E-state index < -0.39 is 5.91 Å². The summed E-state index contributed by atoms with van der Waals surface area (Å²) < 4.78 is 10.6. The normalized spacial score (nSPS) is 13.7. The molecule has 1 N–H and O–H groups in total. The van der Waals surface area contributed by atoms with Crippen molar-refractivity contribution in [3.63, 3.8) is 0 Å². The van der Waals surface area contributed by atoms with Crippen LogP contribution in [0.2, 0.25) is 0 Å². The molecule has 6 nitrogen and oxygen atoms in total. The van der Waals surface area contributed by atoms with Crippen LogP contribution < -0.4 is 19.7 Å². The first-order valence-electron chi connectivity index (χ1n) is 9.67. The number of imide groups is 1. The Morgan fingerprint density at radius 1 is 0.871 bits per heavy atom. The molecule has 1 aromatic heterocycles. The number of anilines is 2. The molecule has 2 heterocycles. The molecule has 1 aliphatic rings. The number of rotatable bonds is 6. The first-order valence-corrected chi connectivity index (χ1v) is 10.5. The predicted octanol–water partition coefficient (Wildman–Crippen LogP) is 4.78. The molecular weight excluding hydrogens is 412 g/mol. The number of benzene rings is 2. The number of ether oxygens (including phenoxy) is 2. The summed E-state index contributed by atoms with van der Waals surface area (Å²) in [6, 6.07) is 14.6. The fourth-order valence-corrected chi connectivity index (χ4v) is 4.45. The number of carbonyl (C=O) groups is 2. The summed E-state index contributed by atoms with van der Waals surface area (Å²) in [5.74, 6) is 0.158. The van der Waals surface area contributed by atoms with E-state index in [9.17, 15) is 9.59 Å². The van der Waals surface area contributed by atoms with Gasteiger partial charge >= 0.3 is 0 Å². The van der Waals surface area contributed by atoms with Crippen molar-refractivity contribution < 1.29 is 19.1 Å². The molecule has 0 bridgehead atoms. The van der Waals surface area contributed by atoms with Gasteiger partial charge in [0, 0.05) is 16.6 Å². The first-order chi connectivity index (χ1) is 14.9. The van der Waals surface area contributed by atoms with Gasteiger partial charge in [-0.3, -0.25) is 9.59 Å². The van der Waals surface area contributed by atoms with Crippen LogP contribution in [-0.2, 0) is 9.59 Å². The van der Waals surface area contributed by atoms with E-state index in [1.165, 1.54) is 30.5 Å². The highest BCUT2D eigenvalue weighted by molar-refractivity contribution is 7.11. The standard InChI is InChI=1S/C24H22N2O4S/c1-14-10-15(2)12-16(11-14)25-22-21(20-6-5-9-31-20)23(27)26(24(22)28)17-7-8-18(29-3)19(13-17)30-4/h5-13,25H,1-4H3. The second-order valence-corrected chi connectivity index (χ2v) is 8.16. The van der Waals surface area contributed by atoms with Crippen LogP contribution in [0.25, 0.3) is 5.57 Å². The van der Waals surface area contributed by atoms with E-state index >= 15 is 0 Å². The van der Waals surface area contributed by atoms with E-state index in [4.69, 9.17) is 9.47 Å². The number of carbonyl (C=O) groups excluding carboxylic acids is 2. The summed E-state index contributed by atoms with van der Waals surface area (Å²) in [6.07, 6.45) is 0. The van der Waals surface area contributed by atoms with E-state index in [2.05, 4.69) is 11.4 Å². The Balaban J connectivity index is 1.80. The van der Waals surface area contributed by atoms with Crippen LogP contribution in [0.5, 0.6) is 11.5 Å². The third-order valence-electron chi connectivity index (χ3n) is 4.97. The Kier molecular flexibility index (Phi) is 5.52. The molecule has 4 rings (SSSR count). The number of hydrogen-bond donors (Lipinski definition) is 1. The number of methoxy groups -OCH3 is 2. The van der Waals surface area contributed by atoms with Crippen LogP contribution in [-0.4, -0.2) is 26.0 Å². The van der Waals surface area contributed by atoms with E-state index in [1.54, 1.807) is 18.2 Å². The number of aryl methyl sites for hydroxylation is 2. The lowest BCUT2D eigenvalue weighted by molar-refractivity contribution is -0.120. The maximum Gasteiger partial charge on any atom is 0.282 e. The fraction of sp³-hybridized carbons (Fsp3) is 0.167. The molecular formula is C24H22N2O4S. The van der Waals surface area contributed by atoms with Gasteiger partial charge in [0.05, 0.1) is 25.5 Å². The zero-order valence-electron chi connectivity index (χ0n) is 17.7. The highest BCUT2D eigenvalue weighted by Gasteiger charge is 2.41. The van der Waals surface area contributed by atoms with Gasteiger partial charge < -0.3 is 14.8 Å². The van der Waals surface area contributed by atoms with Gasteiger partial charge in [-0.1, -0.05) is 12.1 Å². The first kappa shape index (κ1) is 20.7. The number of nitrogens with one attached hydrogen (secondary N) is 1. The van der Waals surface area contributed by atoms with E-state index in [0.29, 0.717) is 22.8 Å².